The second kappa shape index (κ2) is 3.58. The number of nitrogens with one attached hydrogen (secondary N) is 1. The van der Waals surface area contributed by atoms with E-state index in [-0.39, 0.29) is 5.72 Å². The third-order valence-corrected chi connectivity index (χ3v) is 3.57. The van der Waals surface area contributed by atoms with Crippen LogP contribution in [0, 0.1) is 5.92 Å². The van der Waals surface area contributed by atoms with Crippen molar-refractivity contribution in [2.45, 2.75) is 57.8 Å². The molecule has 0 spiro atoms. The molecule has 0 aromatic heterocycles. The molecule has 0 radical (unpaired) electrons. The molecule has 0 bridgehead atoms. The first-order valence-corrected chi connectivity index (χ1v) is 5.63. The van der Waals surface area contributed by atoms with Gasteiger partial charge in [-0.1, -0.05) is 19.3 Å². The lowest BCUT2D eigenvalue weighted by Crippen LogP contribution is -2.46. The Morgan fingerprint density at radius 2 is 1.92 bits per heavy atom. The normalized spacial score (nSPS) is 42.5. The quantitative estimate of drug-likeness (QED) is 0.673. The molecule has 76 valence electrons. The fourth-order valence-corrected chi connectivity index (χ4v) is 2.74. The van der Waals surface area contributed by atoms with E-state index in [1.165, 1.54) is 32.1 Å². The van der Waals surface area contributed by atoms with Crippen molar-refractivity contribution in [3.05, 3.63) is 0 Å². The number of hydrogen-bond donors (Lipinski definition) is 1. The van der Waals surface area contributed by atoms with Crippen LogP contribution in [0.4, 0.5) is 0 Å². The Kier molecular flexibility index (Phi) is 2.61. The smallest absolute Gasteiger partial charge is 0.119 e. The summed E-state index contributed by atoms with van der Waals surface area (Å²) < 4.78 is 5.98. The van der Waals surface area contributed by atoms with Crippen LogP contribution in [-0.2, 0) is 4.74 Å². The summed E-state index contributed by atoms with van der Waals surface area (Å²) >= 11 is 0. The van der Waals surface area contributed by atoms with Gasteiger partial charge < -0.3 is 4.74 Å². The lowest BCUT2D eigenvalue weighted by Gasteiger charge is -2.36. The molecule has 0 aromatic carbocycles. The summed E-state index contributed by atoms with van der Waals surface area (Å²) in [5, 5.41) is 3.53. The van der Waals surface area contributed by atoms with Gasteiger partial charge in [0.2, 0.25) is 0 Å². The Morgan fingerprint density at radius 3 is 2.46 bits per heavy atom. The fourth-order valence-electron chi connectivity index (χ4n) is 2.74. The SMILES string of the molecule is CC1CNC(C)(C2CCCCC2)O1. The van der Waals surface area contributed by atoms with Gasteiger partial charge >= 0.3 is 0 Å². The van der Waals surface area contributed by atoms with Crippen LogP contribution >= 0.6 is 0 Å². The van der Waals surface area contributed by atoms with Crippen molar-refractivity contribution >= 4 is 0 Å². The molecule has 1 aliphatic carbocycles. The Labute approximate surface area is 81.0 Å². The van der Waals surface area contributed by atoms with E-state index in [2.05, 4.69) is 19.2 Å². The molecule has 1 heterocycles. The fraction of sp³-hybridized carbons (Fsp3) is 1.00. The summed E-state index contributed by atoms with van der Waals surface area (Å²) in [6.45, 7) is 5.40. The predicted octanol–water partition coefficient (Wildman–Crippen LogP) is 2.29. The highest BCUT2D eigenvalue weighted by Crippen LogP contribution is 2.35. The lowest BCUT2D eigenvalue weighted by molar-refractivity contribution is -0.0810. The van der Waals surface area contributed by atoms with Crippen molar-refractivity contribution in [3.63, 3.8) is 0 Å². The summed E-state index contributed by atoms with van der Waals surface area (Å²) in [5.74, 6) is 0.742. The van der Waals surface area contributed by atoms with Crippen molar-refractivity contribution in [1.29, 1.82) is 0 Å². The largest absolute Gasteiger partial charge is 0.356 e. The Morgan fingerprint density at radius 1 is 1.23 bits per heavy atom. The van der Waals surface area contributed by atoms with E-state index in [0.717, 1.165) is 12.5 Å². The van der Waals surface area contributed by atoms with Crippen LogP contribution in [0.1, 0.15) is 46.0 Å². The van der Waals surface area contributed by atoms with Crippen LogP contribution in [0.2, 0.25) is 0 Å². The topological polar surface area (TPSA) is 21.3 Å². The molecule has 0 amide bonds. The average molecular weight is 183 g/mol. The van der Waals surface area contributed by atoms with E-state index in [1.54, 1.807) is 0 Å². The maximum Gasteiger partial charge on any atom is 0.119 e. The zero-order chi connectivity index (χ0) is 9.31. The van der Waals surface area contributed by atoms with Crippen molar-refractivity contribution in [2.75, 3.05) is 6.54 Å². The van der Waals surface area contributed by atoms with Gasteiger partial charge in [-0.2, -0.15) is 0 Å². The molecule has 2 fully saturated rings. The van der Waals surface area contributed by atoms with Gasteiger partial charge in [0, 0.05) is 12.5 Å². The first kappa shape index (κ1) is 9.47. The van der Waals surface area contributed by atoms with Gasteiger partial charge in [-0.15, -0.1) is 0 Å². The first-order chi connectivity index (χ1) is 6.21. The highest BCUT2D eigenvalue weighted by atomic mass is 16.5. The van der Waals surface area contributed by atoms with E-state index < -0.39 is 0 Å². The first-order valence-electron chi connectivity index (χ1n) is 5.63. The number of hydrogen-bond acceptors (Lipinski definition) is 2. The lowest BCUT2D eigenvalue weighted by atomic mass is 9.82. The Balaban J connectivity index is 1.97. The molecule has 1 N–H and O–H groups in total. The Hall–Kier alpha value is -0.0800. The van der Waals surface area contributed by atoms with Crippen LogP contribution in [0.3, 0.4) is 0 Å². The van der Waals surface area contributed by atoms with Crippen molar-refractivity contribution < 1.29 is 4.74 Å². The van der Waals surface area contributed by atoms with Gasteiger partial charge in [-0.3, -0.25) is 5.32 Å². The minimum absolute atomic E-state index is 0.0141. The predicted molar refractivity (Wildman–Crippen MR) is 53.5 cm³/mol. The zero-order valence-corrected chi connectivity index (χ0v) is 8.81. The van der Waals surface area contributed by atoms with Crippen molar-refractivity contribution in [2.24, 2.45) is 5.92 Å². The minimum atomic E-state index is -0.0141. The third-order valence-electron chi connectivity index (χ3n) is 3.57. The molecule has 2 unspecified atom stereocenters. The third kappa shape index (κ3) is 1.89. The highest BCUT2D eigenvalue weighted by Gasteiger charge is 2.40. The zero-order valence-electron chi connectivity index (χ0n) is 8.81. The number of ether oxygens (including phenoxy) is 1. The molecule has 2 heteroatoms. The van der Waals surface area contributed by atoms with E-state index in [0.29, 0.717) is 6.10 Å². The molecule has 1 aliphatic heterocycles. The second-order valence-corrected chi connectivity index (χ2v) is 4.75. The van der Waals surface area contributed by atoms with E-state index in [4.69, 9.17) is 4.74 Å². The number of rotatable bonds is 1. The summed E-state index contributed by atoms with van der Waals surface area (Å²) in [5.41, 5.74) is -0.0141. The standard InChI is InChI=1S/C11H21NO/c1-9-8-12-11(2,13-9)10-6-4-3-5-7-10/h9-10,12H,3-8H2,1-2H3. The monoisotopic (exact) mass is 183 g/mol. The molecule has 1 saturated heterocycles. The van der Waals surface area contributed by atoms with Crippen LogP contribution < -0.4 is 5.32 Å². The van der Waals surface area contributed by atoms with Crippen LogP contribution in [0.15, 0.2) is 0 Å². The van der Waals surface area contributed by atoms with Gasteiger partial charge in [0.1, 0.15) is 5.72 Å². The molecule has 0 aromatic rings. The van der Waals surface area contributed by atoms with Gasteiger partial charge in [0.05, 0.1) is 6.10 Å². The average Bonchev–Trinajstić information content (AvgIpc) is 2.49. The summed E-state index contributed by atoms with van der Waals surface area (Å²) in [6, 6.07) is 0. The molecular formula is C11H21NO. The molecule has 2 aliphatic rings. The van der Waals surface area contributed by atoms with Gasteiger partial charge in [0.25, 0.3) is 0 Å². The van der Waals surface area contributed by atoms with Crippen molar-refractivity contribution in [3.8, 4) is 0 Å². The van der Waals surface area contributed by atoms with Crippen molar-refractivity contribution in [1.82, 2.24) is 5.32 Å². The van der Waals surface area contributed by atoms with Gasteiger partial charge in [0.15, 0.2) is 0 Å². The minimum Gasteiger partial charge on any atom is -0.356 e. The molecule has 13 heavy (non-hydrogen) atoms. The molecule has 1 saturated carbocycles. The van der Waals surface area contributed by atoms with E-state index >= 15 is 0 Å². The van der Waals surface area contributed by atoms with E-state index in [1.807, 2.05) is 0 Å². The summed E-state index contributed by atoms with van der Waals surface area (Å²) in [4.78, 5) is 0. The van der Waals surface area contributed by atoms with Gasteiger partial charge in [-0.25, -0.2) is 0 Å². The second-order valence-electron chi connectivity index (χ2n) is 4.75. The summed E-state index contributed by atoms with van der Waals surface area (Å²) in [6.07, 6.45) is 7.28. The maximum absolute atomic E-state index is 5.98. The highest BCUT2D eigenvalue weighted by molar-refractivity contribution is 4.89. The van der Waals surface area contributed by atoms with Gasteiger partial charge in [-0.05, 0) is 26.7 Å². The van der Waals surface area contributed by atoms with Crippen LogP contribution in [0.25, 0.3) is 0 Å². The maximum atomic E-state index is 5.98. The molecule has 2 rings (SSSR count). The molecule has 2 atom stereocenters. The molecule has 2 nitrogen and oxygen atoms in total. The van der Waals surface area contributed by atoms with Crippen LogP contribution in [-0.4, -0.2) is 18.4 Å². The Bertz CT molecular complexity index is 177. The van der Waals surface area contributed by atoms with E-state index in [9.17, 15) is 0 Å². The van der Waals surface area contributed by atoms with Crippen LogP contribution in [0.5, 0.6) is 0 Å². The molecular weight excluding hydrogens is 162 g/mol. The summed E-state index contributed by atoms with van der Waals surface area (Å²) in [7, 11) is 0.